The lowest BCUT2D eigenvalue weighted by atomic mass is 10.1. The molecule has 6 nitrogen and oxygen atoms in total. The van der Waals surface area contributed by atoms with Crippen molar-refractivity contribution in [2.45, 2.75) is 45.7 Å². The fourth-order valence-electron chi connectivity index (χ4n) is 3.66. The number of benzene rings is 2. The molecule has 0 bridgehead atoms. The van der Waals surface area contributed by atoms with E-state index in [0.29, 0.717) is 11.3 Å². The third-order valence-corrected chi connectivity index (χ3v) is 5.38. The van der Waals surface area contributed by atoms with Crippen LogP contribution in [0.2, 0.25) is 0 Å². The third kappa shape index (κ3) is 4.43. The van der Waals surface area contributed by atoms with Gasteiger partial charge in [-0.3, -0.25) is 9.59 Å². The van der Waals surface area contributed by atoms with Crippen molar-refractivity contribution in [3.8, 4) is 11.3 Å². The van der Waals surface area contributed by atoms with Crippen LogP contribution in [0.4, 0.5) is 5.69 Å². The lowest BCUT2D eigenvalue weighted by Gasteiger charge is -2.14. The van der Waals surface area contributed by atoms with Gasteiger partial charge in [0.25, 0.3) is 5.91 Å². The average molecular weight is 402 g/mol. The zero-order valence-electron chi connectivity index (χ0n) is 17.3. The van der Waals surface area contributed by atoms with E-state index in [4.69, 9.17) is 4.98 Å². The molecule has 1 aliphatic rings. The van der Waals surface area contributed by atoms with E-state index in [0.717, 1.165) is 35.6 Å². The monoisotopic (exact) mass is 402 g/mol. The molecule has 3 aromatic rings. The normalized spacial score (nSPS) is 13.9. The van der Waals surface area contributed by atoms with Crippen LogP contribution in [0.3, 0.4) is 0 Å². The van der Waals surface area contributed by atoms with Crippen LogP contribution in [0, 0.1) is 6.92 Å². The molecule has 1 aromatic heterocycles. The molecule has 2 amide bonds. The van der Waals surface area contributed by atoms with Gasteiger partial charge < -0.3 is 15.2 Å². The summed E-state index contributed by atoms with van der Waals surface area (Å²) in [5, 5.41) is 5.60. The van der Waals surface area contributed by atoms with Gasteiger partial charge in [-0.1, -0.05) is 29.8 Å². The van der Waals surface area contributed by atoms with E-state index in [2.05, 4.69) is 21.4 Å². The van der Waals surface area contributed by atoms with Gasteiger partial charge >= 0.3 is 0 Å². The number of imidazole rings is 1. The van der Waals surface area contributed by atoms with E-state index >= 15 is 0 Å². The molecule has 30 heavy (non-hydrogen) atoms. The highest BCUT2D eigenvalue weighted by molar-refractivity contribution is 6.01. The minimum atomic E-state index is -0.655. The number of fused-ring (bicyclic) bond motifs is 1. The number of aryl methyl sites for hydroxylation is 3. The van der Waals surface area contributed by atoms with Gasteiger partial charge in [-0.25, -0.2) is 4.98 Å². The number of carbonyl (C=O) groups excluding carboxylic acids is 2. The summed E-state index contributed by atoms with van der Waals surface area (Å²) in [6, 6.07) is 14.3. The van der Waals surface area contributed by atoms with Crippen molar-refractivity contribution in [2.75, 3.05) is 5.32 Å². The molecule has 4 rings (SSSR count). The molecule has 2 heterocycles. The summed E-state index contributed by atoms with van der Waals surface area (Å²) in [5.41, 5.74) is 4.21. The van der Waals surface area contributed by atoms with Crippen molar-refractivity contribution in [2.24, 2.45) is 0 Å². The maximum Gasteiger partial charge on any atom is 0.251 e. The van der Waals surface area contributed by atoms with Gasteiger partial charge in [-0.2, -0.15) is 0 Å². The van der Waals surface area contributed by atoms with Crippen LogP contribution in [-0.2, 0) is 17.8 Å². The first-order chi connectivity index (χ1) is 14.5. The zero-order valence-corrected chi connectivity index (χ0v) is 17.3. The second kappa shape index (κ2) is 8.53. The SMILES string of the molecule is Cc1cccc(C(=O)NC(C)C(=O)Nc2ccc(-c3cn4c(n3)CCCC4)cc2)c1. The zero-order chi connectivity index (χ0) is 21.1. The summed E-state index contributed by atoms with van der Waals surface area (Å²) in [4.78, 5) is 29.6. The number of nitrogens with one attached hydrogen (secondary N) is 2. The van der Waals surface area contributed by atoms with Crippen molar-refractivity contribution < 1.29 is 9.59 Å². The highest BCUT2D eigenvalue weighted by Gasteiger charge is 2.17. The molecule has 1 unspecified atom stereocenters. The molecule has 2 aromatic carbocycles. The summed E-state index contributed by atoms with van der Waals surface area (Å²) in [6.07, 6.45) is 5.53. The molecular formula is C24H26N4O2. The lowest BCUT2D eigenvalue weighted by molar-refractivity contribution is -0.117. The van der Waals surface area contributed by atoms with E-state index < -0.39 is 6.04 Å². The highest BCUT2D eigenvalue weighted by Crippen LogP contribution is 2.24. The smallest absolute Gasteiger partial charge is 0.251 e. The molecule has 6 heteroatoms. The number of rotatable bonds is 5. The molecule has 1 atom stereocenters. The van der Waals surface area contributed by atoms with Crippen LogP contribution in [0.15, 0.2) is 54.7 Å². The second-order valence-electron chi connectivity index (χ2n) is 7.82. The van der Waals surface area contributed by atoms with Crippen LogP contribution in [0.25, 0.3) is 11.3 Å². The molecule has 0 saturated carbocycles. The van der Waals surface area contributed by atoms with Gasteiger partial charge in [0, 0.05) is 36.0 Å². The van der Waals surface area contributed by atoms with E-state index in [9.17, 15) is 9.59 Å². The molecule has 0 spiro atoms. The summed E-state index contributed by atoms with van der Waals surface area (Å²) in [7, 11) is 0. The maximum atomic E-state index is 12.5. The number of carbonyl (C=O) groups is 2. The van der Waals surface area contributed by atoms with E-state index in [1.54, 1.807) is 19.1 Å². The number of amides is 2. The van der Waals surface area contributed by atoms with E-state index in [1.165, 1.54) is 12.8 Å². The lowest BCUT2D eigenvalue weighted by Crippen LogP contribution is -2.41. The summed E-state index contributed by atoms with van der Waals surface area (Å²) >= 11 is 0. The van der Waals surface area contributed by atoms with Crippen molar-refractivity contribution in [3.63, 3.8) is 0 Å². The molecule has 0 aliphatic carbocycles. The van der Waals surface area contributed by atoms with E-state index in [-0.39, 0.29) is 11.8 Å². The van der Waals surface area contributed by atoms with Crippen LogP contribution in [-0.4, -0.2) is 27.4 Å². The van der Waals surface area contributed by atoms with Crippen LogP contribution in [0.1, 0.15) is 41.5 Å². The Bertz CT molecular complexity index is 1050. The number of hydrogen-bond acceptors (Lipinski definition) is 3. The van der Waals surface area contributed by atoms with Crippen LogP contribution >= 0.6 is 0 Å². The topological polar surface area (TPSA) is 76.0 Å². The Labute approximate surface area is 176 Å². The fourth-order valence-corrected chi connectivity index (χ4v) is 3.66. The maximum absolute atomic E-state index is 12.5. The van der Waals surface area contributed by atoms with Gasteiger partial charge in [-0.15, -0.1) is 0 Å². The van der Waals surface area contributed by atoms with Gasteiger partial charge in [0.2, 0.25) is 5.91 Å². The highest BCUT2D eigenvalue weighted by atomic mass is 16.2. The number of hydrogen-bond donors (Lipinski definition) is 2. The largest absolute Gasteiger partial charge is 0.341 e. The van der Waals surface area contributed by atoms with Gasteiger partial charge in [-0.05, 0) is 51.0 Å². The Kier molecular flexibility index (Phi) is 5.65. The van der Waals surface area contributed by atoms with Crippen molar-refractivity contribution in [3.05, 3.63) is 71.7 Å². The fraction of sp³-hybridized carbons (Fsp3) is 0.292. The summed E-state index contributed by atoms with van der Waals surface area (Å²) < 4.78 is 2.23. The van der Waals surface area contributed by atoms with Crippen molar-refractivity contribution in [1.29, 1.82) is 0 Å². The van der Waals surface area contributed by atoms with Crippen LogP contribution in [0.5, 0.6) is 0 Å². The van der Waals surface area contributed by atoms with Crippen molar-refractivity contribution in [1.82, 2.24) is 14.9 Å². The number of nitrogens with zero attached hydrogens (tertiary/aromatic N) is 2. The standard InChI is InChI=1S/C24H26N4O2/c1-16-6-5-7-19(14-16)24(30)25-17(2)23(29)26-20-11-9-18(10-12-20)21-15-28-13-4-3-8-22(28)27-21/h5-7,9-12,14-15,17H,3-4,8,13H2,1-2H3,(H,25,30)(H,26,29). The minimum absolute atomic E-state index is 0.263. The third-order valence-electron chi connectivity index (χ3n) is 5.38. The Morgan fingerprint density at radius 1 is 1.10 bits per heavy atom. The minimum Gasteiger partial charge on any atom is -0.341 e. The Morgan fingerprint density at radius 3 is 2.63 bits per heavy atom. The molecule has 0 fully saturated rings. The summed E-state index contributed by atoms with van der Waals surface area (Å²) in [6.45, 7) is 4.63. The van der Waals surface area contributed by atoms with Crippen molar-refractivity contribution >= 4 is 17.5 Å². The predicted molar refractivity (Wildman–Crippen MR) is 117 cm³/mol. The van der Waals surface area contributed by atoms with Crippen LogP contribution < -0.4 is 10.6 Å². The molecular weight excluding hydrogens is 376 g/mol. The molecule has 154 valence electrons. The number of anilines is 1. The first kappa shape index (κ1) is 19.9. The van der Waals surface area contributed by atoms with Gasteiger partial charge in [0.15, 0.2) is 0 Å². The van der Waals surface area contributed by atoms with Gasteiger partial charge in [0.1, 0.15) is 11.9 Å². The molecule has 0 saturated heterocycles. The Hall–Kier alpha value is -3.41. The predicted octanol–water partition coefficient (Wildman–Crippen LogP) is 3.95. The Balaban J connectivity index is 1.37. The average Bonchev–Trinajstić information content (AvgIpc) is 3.18. The van der Waals surface area contributed by atoms with Gasteiger partial charge in [0.05, 0.1) is 5.69 Å². The van der Waals surface area contributed by atoms with E-state index in [1.807, 2.05) is 43.3 Å². The first-order valence-corrected chi connectivity index (χ1v) is 10.3. The quantitative estimate of drug-likeness (QED) is 0.678. The molecule has 2 N–H and O–H groups in total. The molecule has 1 aliphatic heterocycles. The number of aromatic nitrogens is 2. The molecule has 0 radical (unpaired) electrons. The first-order valence-electron chi connectivity index (χ1n) is 10.3. The Morgan fingerprint density at radius 2 is 1.90 bits per heavy atom. The summed E-state index contributed by atoms with van der Waals surface area (Å²) in [5.74, 6) is 0.619. The second-order valence-corrected chi connectivity index (χ2v) is 7.82.